The zero-order valence-corrected chi connectivity index (χ0v) is 18.2. The molecule has 0 spiro atoms. The lowest BCUT2D eigenvalue weighted by molar-refractivity contribution is -0.135. The highest BCUT2D eigenvalue weighted by Gasteiger charge is 2.33. The van der Waals surface area contributed by atoms with Gasteiger partial charge in [-0.15, -0.1) is 0 Å². The fourth-order valence-corrected chi connectivity index (χ4v) is 5.17. The van der Waals surface area contributed by atoms with Gasteiger partial charge < -0.3 is 4.90 Å². The summed E-state index contributed by atoms with van der Waals surface area (Å²) in [5.74, 6) is -0.0425. The van der Waals surface area contributed by atoms with Crippen LogP contribution in [0.1, 0.15) is 29.7 Å². The summed E-state index contributed by atoms with van der Waals surface area (Å²) in [4.78, 5) is 19.1. The fraction of sp³-hybridized carbons (Fsp3) is 0.455. The van der Waals surface area contributed by atoms with Crippen molar-refractivity contribution >= 4 is 15.9 Å². The van der Waals surface area contributed by atoms with Crippen molar-refractivity contribution in [1.29, 1.82) is 0 Å². The number of benzene rings is 1. The molecule has 1 aliphatic rings. The van der Waals surface area contributed by atoms with Crippen LogP contribution in [0.5, 0.6) is 0 Å². The van der Waals surface area contributed by atoms with Gasteiger partial charge in [0.05, 0.1) is 4.90 Å². The number of hydrogen-bond acceptors (Lipinski definition) is 4. The molecule has 1 fully saturated rings. The van der Waals surface area contributed by atoms with Crippen LogP contribution in [0.3, 0.4) is 0 Å². The summed E-state index contributed by atoms with van der Waals surface area (Å²) in [5, 5.41) is 0. The second-order valence-electron chi connectivity index (χ2n) is 7.76. The molecule has 2 heterocycles. The lowest BCUT2D eigenvalue weighted by Crippen LogP contribution is -2.43. The predicted molar refractivity (Wildman–Crippen MR) is 113 cm³/mol. The van der Waals surface area contributed by atoms with E-state index >= 15 is 0 Å². The Labute approximate surface area is 173 Å². The monoisotopic (exact) mass is 415 g/mol. The molecule has 1 aromatic heterocycles. The molecule has 0 aliphatic carbocycles. The van der Waals surface area contributed by atoms with E-state index in [4.69, 9.17) is 0 Å². The first-order valence-electron chi connectivity index (χ1n) is 10.0. The molecule has 2 aromatic rings. The standard InChI is InChI=1S/C22H29N3O3S/c1-17-7-8-21(16-18(17)2)29(27,28)25-14-9-19(10-15-25)22(26)24(3)13-11-20-6-4-5-12-23-20/h4-8,12,16,19H,9-11,13-15H2,1-3H3. The highest BCUT2D eigenvalue weighted by molar-refractivity contribution is 7.89. The van der Waals surface area contributed by atoms with E-state index in [-0.39, 0.29) is 11.8 Å². The first-order valence-corrected chi connectivity index (χ1v) is 11.5. The van der Waals surface area contributed by atoms with Crippen LogP contribution in [-0.4, -0.2) is 55.2 Å². The summed E-state index contributed by atoms with van der Waals surface area (Å²) in [6, 6.07) is 11.0. The summed E-state index contributed by atoms with van der Waals surface area (Å²) in [5.41, 5.74) is 2.99. The zero-order chi connectivity index (χ0) is 21.0. The van der Waals surface area contributed by atoms with Crippen molar-refractivity contribution in [1.82, 2.24) is 14.2 Å². The minimum atomic E-state index is -3.52. The second-order valence-corrected chi connectivity index (χ2v) is 9.69. The van der Waals surface area contributed by atoms with E-state index in [9.17, 15) is 13.2 Å². The summed E-state index contributed by atoms with van der Waals surface area (Å²) in [7, 11) is -1.71. The third-order valence-electron chi connectivity index (χ3n) is 5.73. The van der Waals surface area contributed by atoms with Gasteiger partial charge in [-0.05, 0) is 62.1 Å². The lowest BCUT2D eigenvalue weighted by Gasteiger charge is -2.32. The van der Waals surface area contributed by atoms with Crippen LogP contribution in [0.4, 0.5) is 0 Å². The van der Waals surface area contributed by atoms with Gasteiger partial charge in [-0.2, -0.15) is 4.31 Å². The number of aromatic nitrogens is 1. The van der Waals surface area contributed by atoms with Crippen molar-refractivity contribution in [3.05, 3.63) is 59.4 Å². The number of pyridine rings is 1. The number of nitrogens with zero attached hydrogens (tertiary/aromatic N) is 3. The number of hydrogen-bond donors (Lipinski definition) is 0. The molecule has 0 unspecified atom stereocenters. The maximum atomic E-state index is 12.9. The quantitative estimate of drug-likeness (QED) is 0.727. The average Bonchev–Trinajstić information content (AvgIpc) is 2.74. The number of likely N-dealkylation sites (N-methyl/N-ethyl adjacent to an activating group) is 1. The molecule has 1 saturated heterocycles. The second kappa shape index (κ2) is 9.05. The summed E-state index contributed by atoms with van der Waals surface area (Å²) < 4.78 is 27.4. The first-order chi connectivity index (χ1) is 13.8. The van der Waals surface area contributed by atoms with E-state index in [1.807, 2.05) is 45.2 Å². The Balaban J connectivity index is 1.56. The largest absolute Gasteiger partial charge is 0.345 e. The molecule has 0 radical (unpaired) electrons. The van der Waals surface area contributed by atoms with Gasteiger partial charge >= 0.3 is 0 Å². The van der Waals surface area contributed by atoms with Crippen LogP contribution in [0.15, 0.2) is 47.5 Å². The molecule has 1 aromatic carbocycles. The lowest BCUT2D eigenvalue weighted by atomic mass is 9.96. The van der Waals surface area contributed by atoms with Gasteiger partial charge in [0.1, 0.15) is 0 Å². The van der Waals surface area contributed by atoms with Crippen molar-refractivity contribution in [2.45, 2.75) is 38.0 Å². The molecule has 6 nitrogen and oxygen atoms in total. The predicted octanol–water partition coefficient (Wildman–Crippen LogP) is 2.80. The number of carbonyl (C=O) groups excluding carboxylic acids is 1. The average molecular weight is 416 g/mol. The van der Waals surface area contributed by atoms with Crippen LogP contribution in [0.25, 0.3) is 0 Å². The molecule has 156 valence electrons. The van der Waals surface area contributed by atoms with Gasteiger partial charge in [-0.1, -0.05) is 12.1 Å². The summed E-state index contributed by atoms with van der Waals surface area (Å²) in [6.45, 7) is 5.24. The van der Waals surface area contributed by atoms with E-state index in [0.29, 0.717) is 43.8 Å². The SMILES string of the molecule is Cc1ccc(S(=O)(=O)N2CCC(C(=O)N(C)CCc3ccccn3)CC2)cc1C. The van der Waals surface area contributed by atoms with Crippen LogP contribution in [0, 0.1) is 19.8 Å². The number of sulfonamides is 1. The van der Waals surface area contributed by atoms with Gasteiger partial charge in [0.2, 0.25) is 15.9 Å². The molecule has 0 saturated carbocycles. The van der Waals surface area contributed by atoms with Crippen LogP contribution >= 0.6 is 0 Å². The van der Waals surface area contributed by atoms with Gasteiger partial charge in [0, 0.05) is 50.9 Å². The zero-order valence-electron chi connectivity index (χ0n) is 17.3. The van der Waals surface area contributed by atoms with Gasteiger partial charge in [-0.25, -0.2) is 8.42 Å². The van der Waals surface area contributed by atoms with Crippen molar-refractivity contribution in [3.63, 3.8) is 0 Å². The molecule has 1 aliphatic heterocycles. The molecule has 0 N–H and O–H groups in total. The Kier molecular flexibility index (Phi) is 6.70. The third-order valence-corrected chi connectivity index (χ3v) is 7.62. The summed E-state index contributed by atoms with van der Waals surface area (Å²) in [6.07, 6.45) is 3.57. The Morgan fingerprint density at radius 1 is 1.14 bits per heavy atom. The van der Waals surface area contributed by atoms with E-state index in [1.54, 1.807) is 23.2 Å². The Bertz CT molecular complexity index is 953. The summed E-state index contributed by atoms with van der Waals surface area (Å²) >= 11 is 0. The molecule has 7 heteroatoms. The molecule has 0 bridgehead atoms. The number of carbonyl (C=O) groups is 1. The molecular formula is C22H29N3O3S. The molecule has 3 rings (SSSR count). The topological polar surface area (TPSA) is 70.6 Å². The van der Waals surface area contributed by atoms with Crippen molar-refractivity contribution in [2.24, 2.45) is 5.92 Å². The Hall–Kier alpha value is -2.25. The highest BCUT2D eigenvalue weighted by Crippen LogP contribution is 2.26. The number of amides is 1. The van der Waals surface area contributed by atoms with Crippen molar-refractivity contribution < 1.29 is 13.2 Å². The Morgan fingerprint density at radius 3 is 2.48 bits per heavy atom. The fourth-order valence-electron chi connectivity index (χ4n) is 3.62. The number of rotatable bonds is 6. The number of aryl methyl sites for hydroxylation is 2. The normalized spacial score (nSPS) is 16.0. The maximum absolute atomic E-state index is 12.9. The minimum absolute atomic E-state index is 0.0872. The molecule has 29 heavy (non-hydrogen) atoms. The van der Waals surface area contributed by atoms with E-state index in [2.05, 4.69) is 4.98 Å². The Morgan fingerprint density at radius 2 is 1.86 bits per heavy atom. The van der Waals surface area contributed by atoms with E-state index in [1.165, 1.54) is 4.31 Å². The van der Waals surface area contributed by atoms with E-state index in [0.717, 1.165) is 16.8 Å². The van der Waals surface area contributed by atoms with Gasteiger partial charge in [-0.3, -0.25) is 9.78 Å². The van der Waals surface area contributed by atoms with Crippen molar-refractivity contribution in [3.8, 4) is 0 Å². The smallest absolute Gasteiger partial charge is 0.243 e. The maximum Gasteiger partial charge on any atom is 0.243 e. The number of piperidine rings is 1. The van der Waals surface area contributed by atoms with Gasteiger partial charge in [0.15, 0.2) is 0 Å². The van der Waals surface area contributed by atoms with Crippen LogP contribution < -0.4 is 0 Å². The van der Waals surface area contributed by atoms with Crippen LogP contribution in [-0.2, 0) is 21.2 Å². The molecular weight excluding hydrogens is 386 g/mol. The van der Waals surface area contributed by atoms with Crippen LogP contribution in [0.2, 0.25) is 0 Å². The first kappa shape index (κ1) is 21.5. The molecule has 0 atom stereocenters. The highest BCUT2D eigenvalue weighted by atomic mass is 32.2. The molecule has 1 amide bonds. The van der Waals surface area contributed by atoms with E-state index < -0.39 is 10.0 Å². The minimum Gasteiger partial charge on any atom is -0.345 e. The van der Waals surface area contributed by atoms with Crippen molar-refractivity contribution in [2.75, 3.05) is 26.7 Å². The van der Waals surface area contributed by atoms with Gasteiger partial charge in [0.25, 0.3) is 0 Å². The third kappa shape index (κ3) is 5.03.